The van der Waals surface area contributed by atoms with Crippen LogP contribution in [0.5, 0.6) is 11.5 Å². The molecule has 0 fully saturated rings. The van der Waals surface area contributed by atoms with Gasteiger partial charge in [0, 0.05) is 28.1 Å². The molecule has 21 heavy (non-hydrogen) atoms. The lowest BCUT2D eigenvalue weighted by Gasteiger charge is -2.06. The second-order valence-electron chi connectivity index (χ2n) is 4.62. The summed E-state index contributed by atoms with van der Waals surface area (Å²) in [5.74, 6) is 0.139. The van der Waals surface area contributed by atoms with Gasteiger partial charge < -0.3 is 10.2 Å². The van der Waals surface area contributed by atoms with Gasteiger partial charge in [-0.15, -0.1) is 0 Å². The molecule has 0 radical (unpaired) electrons. The van der Waals surface area contributed by atoms with Crippen molar-refractivity contribution in [1.29, 1.82) is 0 Å². The Morgan fingerprint density at radius 2 is 1.57 bits per heavy atom. The molecule has 0 bridgehead atoms. The molecule has 104 valence electrons. The Labute approximate surface area is 126 Å². The second kappa shape index (κ2) is 5.46. The molecule has 0 amide bonds. The first-order valence-corrected chi connectivity index (χ1v) is 6.76. The molecule has 2 N–H and O–H groups in total. The smallest absolute Gasteiger partial charge is 0.149 e. The van der Waals surface area contributed by atoms with Crippen molar-refractivity contribution in [1.82, 2.24) is 0 Å². The highest BCUT2D eigenvalue weighted by Crippen LogP contribution is 2.39. The van der Waals surface area contributed by atoms with Crippen LogP contribution in [-0.4, -0.2) is 16.4 Å². The second-order valence-corrected chi connectivity index (χ2v) is 5.06. The molecule has 0 saturated carbocycles. The monoisotopic (exact) mass is 297 g/mol. The number of halogens is 1. The zero-order chi connectivity index (χ0) is 14.8. The minimum atomic E-state index is 0.0496. The third-order valence-electron chi connectivity index (χ3n) is 3.20. The van der Waals surface area contributed by atoms with Gasteiger partial charge in [-0.2, -0.15) is 0 Å². The third-order valence-corrected chi connectivity index (χ3v) is 3.45. The summed E-state index contributed by atoms with van der Waals surface area (Å²) in [6, 6.07) is 15.7. The molecule has 0 aromatic heterocycles. The standard InChI is InChI=1S/C17H12ClNO2/c18-12-7-5-11(6-8-12)10-19-15-9-16(20)13-3-1-2-4-14(13)17(15)21/h1-10,20-21H. The maximum atomic E-state index is 10.3. The molecule has 0 saturated heterocycles. The van der Waals surface area contributed by atoms with E-state index < -0.39 is 0 Å². The first-order valence-electron chi connectivity index (χ1n) is 6.38. The fourth-order valence-corrected chi connectivity index (χ4v) is 2.24. The van der Waals surface area contributed by atoms with E-state index in [9.17, 15) is 10.2 Å². The third kappa shape index (κ3) is 2.69. The highest BCUT2D eigenvalue weighted by Gasteiger charge is 2.09. The summed E-state index contributed by atoms with van der Waals surface area (Å²) in [7, 11) is 0. The van der Waals surface area contributed by atoms with Crippen molar-refractivity contribution in [3.05, 3.63) is 65.2 Å². The lowest BCUT2D eigenvalue weighted by Crippen LogP contribution is -1.81. The average Bonchev–Trinajstić information content (AvgIpc) is 2.51. The van der Waals surface area contributed by atoms with Crippen molar-refractivity contribution < 1.29 is 10.2 Å². The minimum absolute atomic E-state index is 0.0496. The van der Waals surface area contributed by atoms with E-state index in [-0.39, 0.29) is 11.5 Å². The molecule has 0 aliphatic heterocycles. The van der Waals surface area contributed by atoms with Crippen LogP contribution in [0.25, 0.3) is 10.8 Å². The quantitative estimate of drug-likeness (QED) is 0.534. The van der Waals surface area contributed by atoms with E-state index in [1.165, 1.54) is 6.07 Å². The van der Waals surface area contributed by atoms with Gasteiger partial charge in [0.05, 0.1) is 0 Å². The van der Waals surface area contributed by atoms with Gasteiger partial charge in [0.15, 0.2) is 0 Å². The molecule has 0 aliphatic rings. The first kappa shape index (κ1) is 13.5. The van der Waals surface area contributed by atoms with Crippen molar-refractivity contribution in [3.8, 4) is 11.5 Å². The predicted molar refractivity (Wildman–Crippen MR) is 86.0 cm³/mol. The van der Waals surface area contributed by atoms with E-state index >= 15 is 0 Å². The SMILES string of the molecule is Oc1cc(N=Cc2ccc(Cl)cc2)c(O)c2ccccc12. The van der Waals surface area contributed by atoms with Gasteiger partial charge in [-0.05, 0) is 17.7 Å². The molecule has 3 aromatic carbocycles. The molecule has 3 aromatic rings. The van der Waals surface area contributed by atoms with Crippen LogP contribution in [0.15, 0.2) is 59.6 Å². The predicted octanol–water partition coefficient (Wildman–Crippen LogP) is 4.66. The van der Waals surface area contributed by atoms with E-state index in [0.717, 1.165) is 5.56 Å². The summed E-state index contributed by atoms with van der Waals surface area (Å²) in [5.41, 5.74) is 1.17. The number of fused-ring (bicyclic) bond motifs is 1. The molecular weight excluding hydrogens is 286 g/mol. The van der Waals surface area contributed by atoms with Gasteiger partial charge in [-0.1, -0.05) is 48.0 Å². The summed E-state index contributed by atoms with van der Waals surface area (Å²) in [6.07, 6.45) is 1.61. The maximum Gasteiger partial charge on any atom is 0.149 e. The fraction of sp³-hybridized carbons (Fsp3) is 0. The number of rotatable bonds is 2. The van der Waals surface area contributed by atoms with Crippen LogP contribution >= 0.6 is 11.6 Å². The summed E-state index contributed by atoms with van der Waals surface area (Å²) in [5, 5.41) is 22.1. The normalized spacial score (nSPS) is 11.3. The number of nitrogens with zero attached hydrogens (tertiary/aromatic N) is 1. The Balaban J connectivity index is 2.04. The van der Waals surface area contributed by atoms with Gasteiger partial charge in [0.2, 0.25) is 0 Å². The number of phenolic OH excluding ortho intramolecular Hbond substituents is 2. The Morgan fingerprint density at radius 1 is 0.905 bits per heavy atom. The molecule has 3 rings (SSSR count). The van der Waals surface area contributed by atoms with Crippen molar-refractivity contribution in [3.63, 3.8) is 0 Å². The average molecular weight is 298 g/mol. The van der Waals surface area contributed by atoms with E-state index in [1.54, 1.807) is 42.6 Å². The molecule has 0 heterocycles. The molecule has 3 nitrogen and oxygen atoms in total. The van der Waals surface area contributed by atoms with E-state index in [4.69, 9.17) is 11.6 Å². The van der Waals surface area contributed by atoms with Gasteiger partial charge in [0.1, 0.15) is 17.2 Å². The zero-order valence-corrected chi connectivity index (χ0v) is 11.7. The first-order chi connectivity index (χ1) is 10.1. The number of hydrogen-bond acceptors (Lipinski definition) is 3. The molecule has 4 heteroatoms. The van der Waals surface area contributed by atoms with Crippen LogP contribution < -0.4 is 0 Å². The lowest BCUT2D eigenvalue weighted by atomic mass is 10.1. The van der Waals surface area contributed by atoms with Crippen molar-refractivity contribution in [2.24, 2.45) is 4.99 Å². The number of benzene rings is 3. The molecule has 0 atom stereocenters. The van der Waals surface area contributed by atoms with Crippen LogP contribution in [-0.2, 0) is 0 Å². The molecule has 0 unspecified atom stereocenters. The van der Waals surface area contributed by atoms with Crippen LogP contribution in [0.3, 0.4) is 0 Å². The van der Waals surface area contributed by atoms with E-state index in [0.29, 0.717) is 21.5 Å². The maximum absolute atomic E-state index is 10.3. The van der Waals surface area contributed by atoms with Crippen molar-refractivity contribution >= 4 is 34.3 Å². The van der Waals surface area contributed by atoms with Crippen LogP contribution in [0.4, 0.5) is 5.69 Å². The molecular formula is C17H12ClNO2. The van der Waals surface area contributed by atoms with Crippen molar-refractivity contribution in [2.45, 2.75) is 0 Å². The highest BCUT2D eigenvalue weighted by molar-refractivity contribution is 6.30. The molecule has 0 spiro atoms. The van der Waals surface area contributed by atoms with Gasteiger partial charge in [0.25, 0.3) is 0 Å². The Morgan fingerprint density at radius 3 is 2.29 bits per heavy atom. The summed E-state index contributed by atoms with van der Waals surface area (Å²) < 4.78 is 0. The summed E-state index contributed by atoms with van der Waals surface area (Å²) >= 11 is 5.82. The number of hydrogen-bond donors (Lipinski definition) is 2. The number of aliphatic imine (C=N–C) groups is 1. The van der Waals surface area contributed by atoms with E-state index in [1.807, 2.05) is 12.1 Å². The number of phenols is 2. The Kier molecular flexibility index (Phi) is 3.50. The largest absolute Gasteiger partial charge is 0.507 e. The lowest BCUT2D eigenvalue weighted by molar-refractivity contribution is 0.471. The fourth-order valence-electron chi connectivity index (χ4n) is 2.12. The van der Waals surface area contributed by atoms with Crippen LogP contribution in [0.2, 0.25) is 5.02 Å². The van der Waals surface area contributed by atoms with Gasteiger partial charge >= 0.3 is 0 Å². The van der Waals surface area contributed by atoms with E-state index in [2.05, 4.69) is 4.99 Å². The number of aromatic hydroxyl groups is 2. The highest BCUT2D eigenvalue weighted by atomic mass is 35.5. The topological polar surface area (TPSA) is 52.8 Å². The zero-order valence-electron chi connectivity index (χ0n) is 11.0. The van der Waals surface area contributed by atoms with Crippen LogP contribution in [0.1, 0.15) is 5.56 Å². The minimum Gasteiger partial charge on any atom is -0.507 e. The van der Waals surface area contributed by atoms with Crippen LogP contribution in [0, 0.1) is 0 Å². The Bertz CT molecular complexity index is 826. The summed E-state index contributed by atoms with van der Waals surface area (Å²) in [4.78, 5) is 4.24. The van der Waals surface area contributed by atoms with Gasteiger partial charge in [-0.25, -0.2) is 0 Å². The van der Waals surface area contributed by atoms with Crippen molar-refractivity contribution in [2.75, 3.05) is 0 Å². The molecule has 0 aliphatic carbocycles. The van der Waals surface area contributed by atoms with Gasteiger partial charge in [-0.3, -0.25) is 4.99 Å². The Hall–Kier alpha value is -2.52. The summed E-state index contributed by atoms with van der Waals surface area (Å²) in [6.45, 7) is 0.